The molecule has 0 aliphatic heterocycles. The predicted octanol–water partition coefficient (Wildman–Crippen LogP) is -0.414. The number of allylic oxidation sites excluding steroid dienone is 4. The number of aryl methyl sites for hydroxylation is 6. The Kier molecular flexibility index (Phi) is 15.0. The Labute approximate surface area is 341 Å². The van der Waals surface area contributed by atoms with E-state index >= 15 is 0 Å². The molecule has 1 aliphatic carbocycles. The van der Waals surface area contributed by atoms with Crippen molar-refractivity contribution in [2.75, 3.05) is 0 Å². The minimum Gasteiger partial charge on any atom is -1.00 e. The molecule has 0 bridgehead atoms. The maximum Gasteiger partial charge on any atom is -1.00 e. The fourth-order valence-corrected chi connectivity index (χ4v) is 22.5. The van der Waals surface area contributed by atoms with Crippen molar-refractivity contribution in [1.29, 1.82) is 0 Å². The molecule has 0 heterocycles. The Morgan fingerprint density at radius 3 is 0.720 bits per heavy atom. The van der Waals surface area contributed by atoms with E-state index in [0.29, 0.717) is 0 Å². The van der Waals surface area contributed by atoms with E-state index < -0.39 is 32.3 Å². The molecule has 0 nitrogen and oxygen atoms in total. The Bertz CT molecular complexity index is 1590. The van der Waals surface area contributed by atoms with Gasteiger partial charge < -0.3 is 37.2 Å². The van der Waals surface area contributed by atoms with E-state index in [1.807, 2.05) is 0 Å². The molecule has 8 heteroatoms. The maximum atomic E-state index is 2.67. The van der Waals surface area contributed by atoms with Crippen molar-refractivity contribution in [2.24, 2.45) is 0 Å². The summed E-state index contributed by atoms with van der Waals surface area (Å²) >= 11 is 2.67. The summed E-state index contributed by atoms with van der Waals surface area (Å²) in [6.07, 6.45) is 0. The van der Waals surface area contributed by atoms with E-state index in [0.717, 1.165) is 0 Å². The van der Waals surface area contributed by atoms with Gasteiger partial charge in [-0.3, -0.25) is 0 Å². The molecule has 272 valence electrons. The van der Waals surface area contributed by atoms with Gasteiger partial charge in [-0.25, -0.2) is 0 Å². The summed E-state index contributed by atoms with van der Waals surface area (Å²) in [7, 11) is -7.50. The molecule has 0 atom stereocenters. The minimum absolute atomic E-state index is 0. The van der Waals surface area contributed by atoms with Gasteiger partial charge in [-0.05, 0) is 0 Å². The van der Waals surface area contributed by atoms with Gasteiger partial charge in [0.25, 0.3) is 0 Å². The third kappa shape index (κ3) is 7.60. The first-order chi connectivity index (χ1) is 21.2. The molecule has 3 aromatic carbocycles. The Morgan fingerprint density at radius 2 is 0.560 bits per heavy atom. The van der Waals surface area contributed by atoms with Gasteiger partial charge in [0.2, 0.25) is 0 Å². The molecular weight excluding hydrogens is 771 g/mol. The molecule has 50 heavy (non-hydrogen) atoms. The number of rotatable bonds is 7. The second kappa shape index (κ2) is 15.8. The van der Waals surface area contributed by atoms with Crippen LogP contribution in [-0.2, 0) is 20.4 Å². The molecular formula is C42H63Cl3Si4Ti. The van der Waals surface area contributed by atoms with Crippen molar-refractivity contribution in [3.8, 4) is 0 Å². The number of halogens is 3. The molecule has 0 radical (unpaired) electrons. The fourth-order valence-electron chi connectivity index (χ4n) is 8.87. The zero-order valence-electron chi connectivity index (χ0n) is 34.6. The summed E-state index contributed by atoms with van der Waals surface area (Å²) in [5, 5.41) is 9.69. The van der Waals surface area contributed by atoms with Crippen molar-refractivity contribution in [3.63, 3.8) is 0 Å². The van der Waals surface area contributed by atoms with Gasteiger partial charge in [0, 0.05) is 0 Å². The van der Waals surface area contributed by atoms with Crippen LogP contribution < -0.4 is 68.3 Å². The second-order valence-corrected chi connectivity index (χ2v) is 39.1. The standard InChI is InChI=1S/C42H63Si4.3ClH.Ti/c1-26-20-36(43(11,12)13)21-27(2)39(26)46(42-34(9)32(7)33(8)35(42)10,40-28(3)22-37(23-29(40)4)44(14,15)16)41-30(5)24-38(25-31(41)6)45(17,18)19;;;;/h20-25H,1-19H3;3*1H;/q;;;;+3/p-3. The van der Waals surface area contributed by atoms with E-state index in [-0.39, 0.29) is 40.6 Å². The normalized spacial score (nSPS) is 15.1. The van der Waals surface area contributed by atoms with E-state index in [1.54, 1.807) is 42.3 Å². The average Bonchev–Trinajstić information content (AvgIpc) is 3.05. The molecule has 0 N–H and O–H groups in total. The number of hydrogen-bond acceptors (Lipinski definition) is 0. The van der Waals surface area contributed by atoms with Crippen LogP contribution in [0.5, 0.6) is 0 Å². The van der Waals surface area contributed by atoms with Crippen molar-refractivity contribution < 1.29 is 57.7 Å². The van der Waals surface area contributed by atoms with Crippen molar-refractivity contribution >= 4 is 63.4 Å². The molecule has 0 spiro atoms. The summed E-state index contributed by atoms with van der Waals surface area (Å²) in [6, 6.07) is 15.7. The van der Waals surface area contributed by atoms with Crippen LogP contribution in [0.2, 0.25) is 62.3 Å². The van der Waals surface area contributed by atoms with Gasteiger partial charge in [0.05, 0.1) is 0 Å². The molecule has 0 fully saturated rings. The molecule has 0 amide bonds. The van der Waals surface area contributed by atoms with E-state index in [1.165, 1.54) is 44.5 Å². The largest absolute Gasteiger partial charge is 1.00 e. The van der Waals surface area contributed by atoms with Crippen LogP contribution in [0.15, 0.2) is 58.7 Å². The van der Waals surface area contributed by atoms with Gasteiger partial charge in [0.1, 0.15) is 0 Å². The number of benzene rings is 3. The predicted molar refractivity (Wildman–Crippen MR) is 221 cm³/mol. The van der Waals surface area contributed by atoms with Crippen LogP contribution in [0, 0.1) is 41.5 Å². The van der Waals surface area contributed by atoms with Crippen LogP contribution in [0.3, 0.4) is 0 Å². The molecule has 0 saturated carbocycles. The van der Waals surface area contributed by atoms with Crippen LogP contribution in [0.1, 0.15) is 61.1 Å². The maximum absolute atomic E-state index is 2.91. The first-order valence-electron chi connectivity index (χ1n) is 17.7. The first-order valence-corrected chi connectivity index (χ1v) is 31.0. The van der Waals surface area contributed by atoms with Gasteiger partial charge in [-0.2, -0.15) is 0 Å². The van der Waals surface area contributed by atoms with E-state index in [2.05, 4.69) is 185 Å². The first kappa shape index (κ1) is 47.6. The average molecular weight is 835 g/mol. The van der Waals surface area contributed by atoms with Gasteiger partial charge in [-0.15, -0.1) is 0 Å². The Hall–Kier alpha value is -0.408. The molecule has 0 aromatic heterocycles. The van der Waals surface area contributed by atoms with Crippen LogP contribution in [0.4, 0.5) is 0 Å². The topological polar surface area (TPSA) is 0 Å². The van der Waals surface area contributed by atoms with Gasteiger partial charge in [-0.1, -0.05) is 0 Å². The van der Waals surface area contributed by atoms with Gasteiger partial charge in [0.15, 0.2) is 0 Å². The number of hydrogen-bond donors (Lipinski definition) is 0. The summed E-state index contributed by atoms with van der Waals surface area (Å²) in [6.45, 7) is 47.1. The SMILES string of the molecule is CC1=C(C)[C]([Ti+3])([Si](c2c(C)cc([Si](C)(C)C)cc2C)(c2c(C)cc([Si](C)(C)C)cc2C)c2c(C)cc([Si](C)(C)C)cc2C)C(C)=C1C.[Cl-].[Cl-].[Cl-]. The third-order valence-electron chi connectivity index (χ3n) is 11.7. The van der Waals surface area contributed by atoms with Crippen LogP contribution >= 0.6 is 0 Å². The molecule has 4 rings (SSSR count). The summed E-state index contributed by atoms with van der Waals surface area (Å²) in [5.41, 5.74) is 15.1. The van der Waals surface area contributed by atoms with Crippen molar-refractivity contribution in [2.45, 2.75) is 132 Å². The quantitative estimate of drug-likeness (QED) is 0.225. The summed E-state index contributed by atoms with van der Waals surface area (Å²) < 4.78 is -0.121. The molecule has 0 unspecified atom stereocenters. The monoisotopic (exact) mass is 832 g/mol. The zero-order chi connectivity index (χ0) is 36.0. The molecule has 3 aromatic rings. The second-order valence-electron chi connectivity index (χ2n) is 18.2. The Balaban J connectivity index is 0.00000417. The van der Waals surface area contributed by atoms with E-state index in [4.69, 9.17) is 0 Å². The Morgan fingerprint density at radius 1 is 0.380 bits per heavy atom. The van der Waals surface area contributed by atoms with Crippen molar-refractivity contribution in [1.82, 2.24) is 0 Å². The zero-order valence-corrected chi connectivity index (χ0v) is 42.4. The van der Waals surface area contributed by atoms with Crippen LogP contribution in [-0.4, -0.2) is 32.3 Å². The minimum atomic E-state index is -2.91. The summed E-state index contributed by atoms with van der Waals surface area (Å²) in [4.78, 5) is 0. The molecule has 1 aliphatic rings. The van der Waals surface area contributed by atoms with Gasteiger partial charge >= 0.3 is 307 Å². The third-order valence-corrected chi connectivity index (χ3v) is 27.2. The molecule has 0 saturated heterocycles. The van der Waals surface area contributed by atoms with Crippen LogP contribution in [0.25, 0.3) is 0 Å². The summed E-state index contributed by atoms with van der Waals surface area (Å²) in [5.74, 6) is 0. The smallest absolute Gasteiger partial charge is 1.00 e. The fraction of sp³-hybridized carbons (Fsp3) is 0.476. The van der Waals surface area contributed by atoms with Crippen molar-refractivity contribution in [3.05, 3.63) is 92.1 Å². The van der Waals surface area contributed by atoms with E-state index in [9.17, 15) is 0 Å².